The maximum Gasteiger partial charge on any atom is 0.295 e. The quantitative estimate of drug-likeness (QED) is 0.274. The molecule has 0 saturated heterocycles. The summed E-state index contributed by atoms with van der Waals surface area (Å²) in [5.74, 6) is -0.851. The molecule has 0 aliphatic carbocycles. The van der Waals surface area contributed by atoms with E-state index in [0.717, 1.165) is 4.47 Å². The number of phenols is 1. The maximum absolute atomic E-state index is 12.9. The molecule has 32 heavy (non-hydrogen) atoms. The number of benzene rings is 3. The van der Waals surface area contributed by atoms with Gasteiger partial charge in [-0.3, -0.25) is 14.5 Å². The van der Waals surface area contributed by atoms with Crippen molar-refractivity contribution in [2.24, 2.45) is 10.2 Å². The zero-order chi connectivity index (χ0) is 22.7. The predicted octanol–water partition coefficient (Wildman–Crippen LogP) is 5.43. The van der Waals surface area contributed by atoms with Crippen molar-refractivity contribution in [2.75, 3.05) is 4.72 Å². The smallest absolute Gasteiger partial charge is 0.295 e. The van der Waals surface area contributed by atoms with E-state index < -0.39 is 15.9 Å². The highest BCUT2D eigenvalue weighted by atomic mass is 79.9. The van der Waals surface area contributed by atoms with Crippen LogP contribution in [-0.2, 0) is 10.0 Å². The molecule has 0 aliphatic rings. The molecule has 1 heterocycles. The second-order valence-corrected chi connectivity index (χ2v) is 9.24. The summed E-state index contributed by atoms with van der Waals surface area (Å²) in [7, 11) is -3.92. The van der Waals surface area contributed by atoms with Gasteiger partial charge in [0.2, 0.25) is 0 Å². The second kappa shape index (κ2) is 8.85. The van der Waals surface area contributed by atoms with Crippen molar-refractivity contribution < 1.29 is 18.3 Å². The third-order valence-corrected chi connectivity index (χ3v) is 6.45. The van der Waals surface area contributed by atoms with Gasteiger partial charge in [0.15, 0.2) is 5.75 Å². The lowest BCUT2D eigenvalue weighted by Gasteiger charge is -2.13. The van der Waals surface area contributed by atoms with Crippen LogP contribution in [-0.4, -0.2) is 24.4 Å². The van der Waals surface area contributed by atoms with Crippen molar-refractivity contribution in [3.05, 3.63) is 89.2 Å². The molecule has 160 valence electrons. The Kier molecular flexibility index (Phi) is 5.97. The van der Waals surface area contributed by atoms with E-state index in [1.165, 1.54) is 42.7 Å². The van der Waals surface area contributed by atoms with E-state index in [0.29, 0.717) is 10.8 Å². The number of carbonyl (C=O) groups is 1. The van der Waals surface area contributed by atoms with E-state index in [4.69, 9.17) is 0 Å². The Morgan fingerprint density at radius 3 is 2.31 bits per heavy atom. The first-order valence-electron chi connectivity index (χ1n) is 9.24. The van der Waals surface area contributed by atoms with Gasteiger partial charge in [-0.15, -0.1) is 10.2 Å². The zero-order valence-electron chi connectivity index (χ0n) is 16.3. The molecule has 4 rings (SSSR count). The van der Waals surface area contributed by atoms with Gasteiger partial charge in [0.25, 0.3) is 15.9 Å². The van der Waals surface area contributed by atoms with Crippen LogP contribution in [0.4, 0.5) is 11.4 Å². The third-order valence-electron chi connectivity index (χ3n) is 4.54. The maximum atomic E-state index is 12.9. The van der Waals surface area contributed by atoms with E-state index in [1.807, 2.05) is 0 Å². The molecule has 2 N–H and O–H groups in total. The molecule has 0 bridgehead atoms. The number of rotatable bonds is 5. The summed E-state index contributed by atoms with van der Waals surface area (Å²) in [6.07, 6.45) is 2.90. The van der Waals surface area contributed by atoms with Crippen molar-refractivity contribution in [1.29, 1.82) is 0 Å². The fourth-order valence-corrected chi connectivity index (χ4v) is 4.31. The number of carbonyl (C=O) groups excluding carboxylic acids is 1. The number of amides is 1. The molecule has 4 aromatic rings. The van der Waals surface area contributed by atoms with Crippen LogP contribution in [0, 0.1) is 0 Å². The highest BCUT2D eigenvalue weighted by molar-refractivity contribution is 9.10. The second-order valence-electron chi connectivity index (χ2n) is 6.64. The van der Waals surface area contributed by atoms with E-state index in [-0.39, 0.29) is 27.6 Å². The first kappa shape index (κ1) is 21.6. The number of hydrogen-bond donors (Lipinski definition) is 2. The molecule has 0 spiro atoms. The van der Waals surface area contributed by atoms with Crippen molar-refractivity contribution in [1.82, 2.24) is 4.98 Å². The van der Waals surface area contributed by atoms with Crippen molar-refractivity contribution in [3.63, 3.8) is 0 Å². The van der Waals surface area contributed by atoms with Gasteiger partial charge >= 0.3 is 0 Å². The molecule has 10 heteroatoms. The molecule has 0 fully saturated rings. The first-order chi connectivity index (χ1) is 15.3. The Labute approximate surface area is 191 Å². The van der Waals surface area contributed by atoms with Gasteiger partial charge in [-0.25, -0.2) is 8.42 Å². The lowest BCUT2D eigenvalue weighted by molar-refractivity contribution is 0.0995. The highest BCUT2D eigenvalue weighted by Gasteiger charge is 2.18. The third kappa shape index (κ3) is 4.51. The molecular formula is C22H15BrN4O4S. The largest absolute Gasteiger partial charge is 0.505 e. The van der Waals surface area contributed by atoms with Crippen LogP contribution in [0.5, 0.6) is 5.75 Å². The molecule has 3 aromatic carbocycles. The summed E-state index contributed by atoms with van der Waals surface area (Å²) < 4.78 is 29.1. The molecule has 8 nitrogen and oxygen atoms in total. The number of hydrogen-bond acceptors (Lipinski definition) is 6. The van der Waals surface area contributed by atoms with Crippen molar-refractivity contribution >= 4 is 54.0 Å². The summed E-state index contributed by atoms with van der Waals surface area (Å²) in [6, 6.07) is 17.2. The number of phenolic OH excluding ortho intramolecular Hbond substituents is 1. The Bertz CT molecular complexity index is 1440. The molecule has 0 saturated carbocycles. The SMILES string of the molecule is O=C(N=Nc1cc(NS(=O)(=O)c2ccc(Br)cc2)c2ccccc2c1O)c1ccncc1. The fourth-order valence-electron chi connectivity index (χ4n) is 2.97. The number of nitrogens with zero attached hydrogens (tertiary/aromatic N) is 3. The molecule has 0 radical (unpaired) electrons. The summed E-state index contributed by atoms with van der Waals surface area (Å²) in [4.78, 5) is 16.1. The van der Waals surface area contributed by atoms with Gasteiger partial charge in [-0.2, -0.15) is 0 Å². The minimum absolute atomic E-state index is 0.0559. The van der Waals surface area contributed by atoms with Gasteiger partial charge in [-0.1, -0.05) is 40.2 Å². The van der Waals surface area contributed by atoms with E-state index in [1.54, 1.807) is 36.4 Å². The van der Waals surface area contributed by atoms with Crippen LogP contribution >= 0.6 is 15.9 Å². The number of sulfonamides is 1. The average molecular weight is 511 g/mol. The molecule has 0 atom stereocenters. The van der Waals surface area contributed by atoms with Crippen LogP contribution in [0.1, 0.15) is 10.4 Å². The van der Waals surface area contributed by atoms with Crippen LogP contribution in [0.3, 0.4) is 0 Å². The number of azo groups is 1. The molecular weight excluding hydrogens is 496 g/mol. The minimum atomic E-state index is -3.92. The van der Waals surface area contributed by atoms with Gasteiger partial charge in [-0.05, 0) is 42.5 Å². The van der Waals surface area contributed by atoms with Crippen LogP contribution in [0.15, 0.2) is 98.7 Å². The Hall–Kier alpha value is -3.63. The molecule has 0 unspecified atom stereocenters. The summed E-state index contributed by atoms with van der Waals surface area (Å²) in [5, 5.41) is 19.0. The standard InChI is InChI=1S/C22H15BrN4O4S/c23-15-5-7-16(8-6-15)32(30,31)27-19-13-20(21(28)18-4-2-1-3-17(18)19)25-26-22(29)14-9-11-24-12-10-14/h1-13,27-28H. The minimum Gasteiger partial charge on any atom is -0.505 e. The van der Waals surface area contributed by atoms with Crippen LogP contribution in [0.2, 0.25) is 0 Å². The number of anilines is 1. The summed E-state index contributed by atoms with van der Waals surface area (Å²) >= 11 is 3.28. The molecule has 1 amide bonds. The number of aromatic nitrogens is 1. The van der Waals surface area contributed by atoms with Crippen molar-refractivity contribution in [3.8, 4) is 5.75 Å². The van der Waals surface area contributed by atoms with Crippen molar-refractivity contribution in [2.45, 2.75) is 4.90 Å². The average Bonchev–Trinajstić information content (AvgIpc) is 2.80. The van der Waals surface area contributed by atoms with Crippen LogP contribution < -0.4 is 4.72 Å². The Morgan fingerprint density at radius 2 is 1.62 bits per heavy atom. The lowest BCUT2D eigenvalue weighted by atomic mass is 10.1. The Morgan fingerprint density at radius 1 is 0.969 bits per heavy atom. The fraction of sp³-hybridized carbons (Fsp3) is 0. The van der Waals surface area contributed by atoms with E-state index in [9.17, 15) is 18.3 Å². The number of nitrogens with one attached hydrogen (secondary N) is 1. The Balaban J connectivity index is 1.76. The van der Waals surface area contributed by atoms with Gasteiger partial charge < -0.3 is 5.11 Å². The van der Waals surface area contributed by atoms with Gasteiger partial charge in [0.1, 0.15) is 5.69 Å². The van der Waals surface area contributed by atoms with Gasteiger partial charge in [0, 0.05) is 33.2 Å². The zero-order valence-corrected chi connectivity index (χ0v) is 18.7. The summed E-state index contributed by atoms with van der Waals surface area (Å²) in [6.45, 7) is 0. The number of pyridine rings is 1. The van der Waals surface area contributed by atoms with E-state index in [2.05, 4.69) is 35.9 Å². The van der Waals surface area contributed by atoms with Crippen LogP contribution in [0.25, 0.3) is 10.8 Å². The molecule has 1 aromatic heterocycles. The first-order valence-corrected chi connectivity index (χ1v) is 11.5. The molecule has 0 aliphatic heterocycles. The van der Waals surface area contributed by atoms with E-state index >= 15 is 0 Å². The number of fused-ring (bicyclic) bond motifs is 1. The number of aromatic hydroxyl groups is 1. The van der Waals surface area contributed by atoms with Gasteiger partial charge in [0.05, 0.1) is 10.6 Å². The lowest BCUT2D eigenvalue weighted by Crippen LogP contribution is -2.13. The monoisotopic (exact) mass is 510 g/mol. The number of halogens is 1. The summed E-state index contributed by atoms with van der Waals surface area (Å²) in [5.41, 5.74) is 0.409. The normalized spacial score (nSPS) is 11.7. The highest BCUT2D eigenvalue weighted by Crippen LogP contribution is 2.40. The predicted molar refractivity (Wildman–Crippen MR) is 124 cm³/mol. The topological polar surface area (TPSA) is 121 Å².